The molecule has 0 saturated heterocycles. The molecule has 3 nitrogen and oxygen atoms in total. The summed E-state index contributed by atoms with van der Waals surface area (Å²) in [5.41, 5.74) is 2.79. The first-order valence-electron chi connectivity index (χ1n) is 10.0. The summed E-state index contributed by atoms with van der Waals surface area (Å²) in [6.07, 6.45) is 0. The van der Waals surface area contributed by atoms with Crippen molar-refractivity contribution < 1.29 is 4.79 Å². The molecule has 158 valence electrons. The van der Waals surface area contributed by atoms with Crippen molar-refractivity contribution in [1.29, 1.82) is 0 Å². The lowest BCUT2D eigenvalue weighted by Crippen LogP contribution is -2.40. The predicted octanol–water partition coefficient (Wildman–Crippen LogP) is 7.37. The summed E-state index contributed by atoms with van der Waals surface area (Å²) in [7, 11) is 0. The molecule has 0 bridgehead atoms. The zero-order valence-electron chi connectivity index (χ0n) is 17.1. The molecule has 31 heavy (non-hydrogen) atoms. The minimum atomic E-state index is -0.306. The third-order valence-corrected chi connectivity index (χ3v) is 6.08. The largest absolute Gasteiger partial charge is 0.286 e. The maximum absolute atomic E-state index is 13.4. The van der Waals surface area contributed by atoms with E-state index in [0.29, 0.717) is 20.9 Å². The zero-order valence-corrected chi connectivity index (χ0v) is 19.4. The summed E-state index contributed by atoms with van der Waals surface area (Å²) in [4.78, 5) is 20.3. The first-order chi connectivity index (χ1) is 14.8. The molecule has 0 aromatic heterocycles. The van der Waals surface area contributed by atoms with Crippen LogP contribution in [-0.2, 0) is 4.79 Å². The van der Waals surface area contributed by atoms with Crippen molar-refractivity contribution in [1.82, 2.24) is 4.90 Å². The number of rotatable bonds is 4. The second-order valence-corrected chi connectivity index (χ2v) is 9.12. The van der Waals surface area contributed by atoms with Crippen molar-refractivity contribution in [3.05, 3.63) is 105 Å². The van der Waals surface area contributed by atoms with Gasteiger partial charge in [0.25, 0.3) is 0 Å². The first-order valence-corrected chi connectivity index (χ1v) is 11.2. The summed E-state index contributed by atoms with van der Waals surface area (Å²) < 4.78 is 0. The van der Waals surface area contributed by atoms with Crippen molar-refractivity contribution in [3.63, 3.8) is 0 Å². The van der Waals surface area contributed by atoms with E-state index in [-0.39, 0.29) is 23.9 Å². The van der Waals surface area contributed by atoms with Gasteiger partial charge in [-0.15, -0.1) is 0 Å². The Morgan fingerprint density at radius 2 is 1.23 bits per heavy atom. The Kier molecular flexibility index (Phi) is 6.38. The van der Waals surface area contributed by atoms with Gasteiger partial charge in [0.1, 0.15) is 11.9 Å². The van der Waals surface area contributed by atoms with Gasteiger partial charge in [-0.3, -0.25) is 14.7 Å². The molecule has 0 N–H and O–H groups in total. The van der Waals surface area contributed by atoms with Crippen molar-refractivity contribution in [2.24, 2.45) is 10.9 Å². The molecule has 0 aliphatic carbocycles. The fourth-order valence-electron chi connectivity index (χ4n) is 3.78. The van der Waals surface area contributed by atoms with Crippen LogP contribution in [0.15, 0.2) is 77.8 Å². The van der Waals surface area contributed by atoms with Crippen LogP contribution >= 0.6 is 34.8 Å². The molecule has 4 rings (SSSR count). The molecule has 1 heterocycles. The highest BCUT2D eigenvalue weighted by Crippen LogP contribution is 2.44. The van der Waals surface area contributed by atoms with Gasteiger partial charge in [0.2, 0.25) is 5.91 Å². The van der Waals surface area contributed by atoms with E-state index in [2.05, 4.69) is 0 Å². The van der Waals surface area contributed by atoms with E-state index in [4.69, 9.17) is 39.8 Å². The van der Waals surface area contributed by atoms with Crippen LogP contribution in [0.25, 0.3) is 0 Å². The number of carbonyl (C=O) groups excluding carboxylic acids is 1. The van der Waals surface area contributed by atoms with E-state index in [1.807, 2.05) is 91.5 Å². The average molecular weight is 472 g/mol. The normalized spacial score (nSPS) is 18.4. The van der Waals surface area contributed by atoms with E-state index in [1.165, 1.54) is 0 Å². The van der Waals surface area contributed by atoms with Crippen LogP contribution in [0.4, 0.5) is 0 Å². The SMILES string of the molecule is CC(C)C(=O)N1C(c2ccc(Cl)cc2)=NC(c2ccc(Cl)cc2)C1c1ccc(Cl)cc1. The molecule has 0 saturated carbocycles. The summed E-state index contributed by atoms with van der Waals surface area (Å²) in [6.45, 7) is 3.80. The predicted molar refractivity (Wildman–Crippen MR) is 128 cm³/mol. The van der Waals surface area contributed by atoms with Crippen LogP contribution in [0.5, 0.6) is 0 Å². The van der Waals surface area contributed by atoms with E-state index in [1.54, 1.807) is 0 Å². The number of amidine groups is 1. The topological polar surface area (TPSA) is 32.7 Å². The first kappa shape index (κ1) is 21.9. The number of carbonyl (C=O) groups is 1. The van der Waals surface area contributed by atoms with Crippen LogP contribution < -0.4 is 0 Å². The molecular formula is C25H21Cl3N2O. The Hall–Kier alpha value is -2.33. The second-order valence-electron chi connectivity index (χ2n) is 7.82. The molecule has 3 aromatic rings. The van der Waals surface area contributed by atoms with Gasteiger partial charge in [0.05, 0.1) is 6.04 Å². The number of halogens is 3. The van der Waals surface area contributed by atoms with Gasteiger partial charge >= 0.3 is 0 Å². The van der Waals surface area contributed by atoms with E-state index >= 15 is 0 Å². The summed E-state index contributed by atoms with van der Waals surface area (Å²) in [5, 5.41) is 1.93. The maximum atomic E-state index is 13.4. The van der Waals surface area contributed by atoms with Gasteiger partial charge in [-0.2, -0.15) is 0 Å². The number of amides is 1. The lowest BCUT2D eigenvalue weighted by molar-refractivity contribution is -0.132. The summed E-state index contributed by atoms with van der Waals surface area (Å²) >= 11 is 18.4. The van der Waals surface area contributed by atoms with E-state index in [0.717, 1.165) is 16.7 Å². The molecule has 0 spiro atoms. The molecule has 1 aliphatic rings. The van der Waals surface area contributed by atoms with Crippen molar-refractivity contribution in [2.45, 2.75) is 25.9 Å². The molecule has 2 atom stereocenters. The molecule has 1 aliphatic heterocycles. The Balaban J connectivity index is 1.90. The third-order valence-electron chi connectivity index (χ3n) is 5.32. The lowest BCUT2D eigenvalue weighted by atomic mass is 9.93. The monoisotopic (exact) mass is 470 g/mol. The fraction of sp³-hybridized carbons (Fsp3) is 0.200. The molecule has 0 fully saturated rings. The van der Waals surface area contributed by atoms with Crippen molar-refractivity contribution >= 4 is 46.5 Å². The number of hydrogen-bond donors (Lipinski definition) is 0. The molecule has 1 amide bonds. The second kappa shape index (κ2) is 9.04. The van der Waals surface area contributed by atoms with Gasteiger partial charge in [-0.25, -0.2) is 0 Å². The van der Waals surface area contributed by atoms with Gasteiger partial charge in [-0.05, 0) is 59.7 Å². The van der Waals surface area contributed by atoms with Crippen LogP contribution in [-0.4, -0.2) is 16.6 Å². The number of nitrogens with zero attached hydrogens (tertiary/aromatic N) is 2. The smallest absolute Gasteiger partial charge is 0.231 e. The highest BCUT2D eigenvalue weighted by Gasteiger charge is 2.42. The summed E-state index contributed by atoms with van der Waals surface area (Å²) in [6, 6.07) is 22.0. The summed E-state index contributed by atoms with van der Waals surface area (Å²) in [5.74, 6) is 0.441. The fourth-order valence-corrected chi connectivity index (χ4v) is 4.16. The Labute approximate surface area is 197 Å². The Morgan fingerprint density at radius 1 is 0.774 bits per heavy atom. The van der Waals surface area contributed by atoms with E-state index < -0.39 is 0 Å². The Bertz CT molecular complexity index is 1110. The quantitative estimate of drug-likeness (QED) is 0.391. The van der Waals surface area contributed by atoms with Crippen LogP contribution in [0.2, 0.25) is 15.1 Å². The van der Waals surface area contributed by atoms with Crippen LogP contribution in [0.3, 0.4) is 0 Å². The third kappa shape index (κ3) is 4.50. The number of benzene rings is 3. The molecule has 0 radical (unpaired) electrons. The minimum absolute atomic E-state index is 0.00473. The van der Waals surface area contributed by atoms with Gasteiger partial charge in [0.15, 0.2) is 0 Å². The van der Waals surface area contributed by atoms with Crippen LogP contribution in [0, 0.1) is 5.92 Å². The molecule has 3 aromatic carbocycles. The number of aliphatic imine (C=N–C) groups is 1. The lowest BCUT2D eigenvalue weighted by Gasteiger charge is -2.31. The van der Waals surface area contributed by atoms with Crippen molar-refractivity contribution in [2.75, 3.05) is 0 Å². The van der Waals surface area contributed by atoms with Gasteiger partial charge < -0.3 is 0 Å². The van der Waals surface area contributed by atoms with Crippen molar-refractivity contribution in [3.8, 4) is 0 Å². The Morgan fingerprint density at radius 3 is 1.71 bits per heavy atom. The standard InChI is InChI=1S/C25H21Cl3N2O/c1-15(2)25(31)30-23(17-5-11-20(27)12-6-17)22(16-3-9-19(26)10-4-16)29-24(30)18-7-13-21(28)14-8-18/h3-15,22-23H,1-2H3. The van der Waals surface area contributed by atoms with Crippen LogP contribution in [0.1, 0.15) is 42.6 Å². The van der Waals surface area contributed by atoms with Gasteiger partial charge in [-0.1, -0.05) is 72.9 Å². The zero-order chi connectivity index (χ0) is 22.1. The average Bonchev–Trinajstić information content (AvgIpc) is 3.15. The van der Waals surface area contributed by atoms with Gasteiger partial charge in [0, 0.05) is 26.5 Å². The minimum Gasteiger partial charge on any atom is -0.286 e. The molecule has 6 heteroatoms. The molecule has 2 unspecified atom stereocenters. The highest BCUT2D eigenvalue weighted by molar-refractivity contribution is 6.31. The highest BCUT2D eigenvalue weighted by atomic mass is 35.5. The maximum Gasteiger partial charge on any atom is 0.231 e. The molecular weight excluding hydrogens is 451 g/mol. The van der Waals surface area contributed by atoms with E-state index in [9.17, 15) is 4.79 Å². The number of hydrogen-bond acceptors (Lipinski definition) is 2.